The molecule has 0 aliphatic heterocycles. The van der Waals surface area contributed by atoms with Gasteiger partial charge in [-0.25, -0.2) is 8.42 Å². The van der Waals surface area contributed by atoms with Gasteiger partial charge in [-0.3, -0.25) is 4.79 Å². The molecule has 0 aromatic heterocycles. The Morgan fingerprint density at radius 2 is 1.95 bits per heavy atom. The van der Waals surface area contributed by atoms with E-state index in [0.29, 0.717) is 5.56 Å². The molecule has 3 unspecified atom stereocenters. The number of carboxylic acids is 1. The first-order valence-corrected chi connectivity index (χ1v) is 8.66. The van der Waals surface area contributed by atoms with Gasteiger partial charge >= 0.3 is 5.97 Å². The van der Waals surface area contributed by atoms with Crippen LogP contribution in [0.3, 0.4) is 0 Å². The number of rotatable bonds is 5. The van der Waals surface area contributed by atoms with Crippen molar-refractivity contribution in [2.45, 2.75) is 11.2 Å². The van der Waals surface area contributed by atoms with E-state index < -0.39 is 32.4 Å². The van der Waals surface area contributed by atoms with E-state index in [4.69, 9.17) is 4.74 Å². The van der Waals surface area contributed by atoms with Crippen molar-refractivity contribution in [1.82, 2.24) is 0 Å². The van der Waals surface area contributed by atoms with Crippen LogP contribution in [0.25, 0.3) is 0 Å². The van der Waals surface area contributed by atoms with Crippen molar-refractivity contribution in [3.63, 3.8) is 0 Å². The Hall–Kier alpha value is -0.920. The minimum absolute atomic E-state index is 0.124. The quantitative estimate of drug-likeness (QED) is 0.861. The molecule has 1 N–H and O–H groups in total. The molecule has 0 radical (unpaired) electrons. The number of halogens is 1. The van der Waals surface area contributed by atoms with Gasteiger partial charge in [-0.1, -0.05) is 28.1 Å². The lowest BCUT2D eigenvalue weighted by molar-refractivity contribution is -0.145. The van der Waals surface area contributed by atoms with Crippen molar-refractivity contribution in [1.29, 1.82) is 0 Å². The third-order valence-corrected chi connectivity index (χ3v) is 5.87. The fourth-order valence-corrected chi connectivity index (χ4v) is 5.06. The number of carbonyl (C=O) groups is 1. The maximum atomic E-state index is 11.9. The summed E-state index contributed by atoms with van der Waals surface area (Å²) in [4.78, 5) is 11.6. The summed E-state index contributed by atoms with van der Waals surface area (Å²) in [7, 11) is -2.11. The van der Waals surface area contributed by atoms with Crippen molar-refractivity contribution in [2.75, 3.05) is 20.0 Å². The maximum absolute atomic E-state index is 11.9. The highest BCUT2D eigenvalue weighted by Crippen LogP contribution is 2.63. The molecule has 1 aliphatic rings. The van der Waals surface area contributed by atoms with Crippen LogP contribution in [-0.4, -0.2) is 44.7 Å². The summed E-state index contributed by atoms with van der Waals surface area (Å²) in [6.07, 6.45) is 1.07. The highest BCUT2D eigenvalue weighted by molar-refractivity contribution is 9.10. The monoisotopic (exact) mass is 362 g/mol. The van der Waals surface area contributed by atoms with Crippen LogP contribution in [0.5, 0.6) is 0 Å². The first-order valence-electron chi connectivity index (χ1n) is 5.92. The Balaban J connectivity index is 2.49. The van der Waals surface area contributed by atoms with Crippen molar-refractivity contribution in [3.05, 3.63) is 34.3 Å². The third kappa shape index (κ3) is 2.38. The Morgan fingerprint density at radius 3 is 2.35 bits per heavy atom. The molecular formula is C13H15BrO5S. The van der Waals surface area contributed by atoms with Crippen LogP contribution in [0.2, 0.25) is 0 Å². The summed E-state index contributed by atoms with van der Waals surface area (Å²) in [5.74, 6) is -1.72. The van der Waals surface area contributed by atoms with Gasteiger partial charge in [0, 0.05) is 23.8 Å². The molecular weight excluding hydrogens is 348 g/mol. The summed E-state index contributed by atoms with van der Waals surface area (Å²) >= 11 is 3.30. The highest BCUT2D eigenvalue weighted by Gasteiger charge is 2.74. The number of sulfone groups is 1. The molecule has 7 heteroatoms. The minimum Gasteiger partial charge on any atom is -0.481 e. The summed E-state index contributed by atoms with van der Waals surface area (Å²) in [5, 5.41) is 8.55. The molecule has 1 aromatic rings. The third-order valence-electron chi connectivity index (χ3n) is 3.73. The predicted octanol–water partition coefficient (Wildman–Crippen LogP) is 1.68. The van der Waals surface area contributed by atoms with Gasteiger partial charge in [0.25, 0.3) is 0 Å². The number of aliphatic carboxylic acids is 1. The molecule has 2 rings (SSSR count). The maximum Gasteiger partial charge on any atom is 0.314 e. The van der Waals surface area contributed by atoms with Crippen LogP contribution in [0, 0.1) is 5.41 Å². The highest BCUT2D eigenvalue weighted by atomic mass is 79.9. The Labute approximate surface area is 126 Å². The lowest BCUT2D eigenvalue weighted by Gasteiger charge is -2.11. The average Bonchev–Trinajstić information content (AvgIpc) is 3.01. The van der Waals surface area contributed by atoms with E-state index in [1.165, 1.54) is 7.11 Å². The zero-order chi connectivity index (χ0) is 15.1. The Morgan fingerprint density at radius 1 is 1.40 bits per heavy atom. The number of benzene rings is 1. The van der Waals surface area contributed by atoms with E-state index >= 15 is 0 Å². The SMILES string of the molecule is COCC1(C(=O)O)C(c2ccc(Br)cc2)C1S(C)(=O)=O. The van der Waals surface area contributed by atoms with Gasteiger partial charge < -0.3 is 9.84 Å². The number of hydrogen-bond acceptors (Lipinski definition) is 4. The summed E-state index contributed by atoms with van der Waals surface area (Å²) in [6.45, 7) is -0.124. The summed E-state index contributed by atoms with van der Waals surface area (Å²) in [6, 6.07) is 7.03. The molecule has 20 heavy (non-hydrogen) atoms. The van der Waals surface area contributed by atoms with Crippen molar-refractivity contribution >= 4 is 31.7 Å². The topological polar surface area (TPSA) is 80.7 Å². The standard InChI is InChI=1S/C13H15BrO5S/c1-19-7-13(12(15)16)10(11(13)20(2,17)18)8-3-5-9(14)6-4-8/h3-6,10-11H,7H2,1-2H3,(H,15,16). The van der Waals surface area contributed by atoms with E-state index in [2.05, 4.69) is 15.9 Å². The average molecular weight is 363 g/mol. The Kier molecular flexibility index (Phi) is 3.96. The van der Waals surface area contributed by atoms with E-state index in [1.54, 1.807) is 24.3 Å². The van der Waals surface area contributed by atoms with Crippen LogP contribution in [-0.2, 0) is 19.4 Å². The van der Waals surface area contributed by atoms with Crippen molar-refractivity contribution in [3.8, 4) is 0 Å². The van der Waals surface area contributed by atoms with Gasteiger partial charge in [0.2, 0.25) is 0 Å². The van der Waals surface area contributed by atoms with Gasteiger partial charge in [-0.05, 0) is 17.7 Å². The van der Waals surface area contributed by atoms with Gasteiger partial charge in [-0.2, -0.15) is 0 Å². The molecule has 3 atom stereocenters. The lowest BCUT2D eigenvalue weighted by Crippen LogP contribution is -2.28. The second-order valence-electron chi connectivity index (χ2n) is 5.06. The van der Waals surface area contributed by atoms with Crippen LogP contribution in [0.4, 0.5) is 0 Å². The van der Waals surface area contributed by atoms with Gasteiger partial charge in [-0.15, -0.1) is 0 Å². The van der Waals surface area contributed by atoms with E-state index in [9.17, 15) is 18.3 Å². The van der Waals surface area contributed by atoms with Crippen LogP contribution < -0.4 is 0 Å². The molecule has 1 aromatic carbocycles. The van der Waals surface area contributed by atoms with Crippen LogP contribution in [0.1, 0.15) is 11.5 Å². The zero-order valence-corrected chi connectivity index (χ0v) is 13.4. The normalized spacial score (nSPS) is 29.1. The molecule has 1 fully saturated rings. The van der Waals surface area contributed by atoms with E-state index in [1.807, 2.05) is 0 Å². The lowest BCUT2D eigenvalue weighted by atomic mass is 10.0. The minimum atomic E-state index is -3.48. The number of ether oxygens (including phenoxy) is 1. The number of methoxy groups -OCH3 is 1. The number of carboxylic acid groups (broad SMARTS) is 1. The fraction of sp³-hybridized carbons (Fsp3) is 0.462. The summed E-state index contributed by atoms with van der Waals surface area (Å²) < 4.78 is 29.7. The molecule has 0 heterocycles. The molecule has 0 amide bonds. The van der Waals surface area contributed by atoms with E-state index in [0.717, 1.165) is 10.7 Å². The predicted molar refractivity (Wildman–Crippen MR) is 77.5 cm³/mol. The molecule has 0 bridgehead atoms. The first-order chi connectivity index (χ1) is 9.25. The van der Waals surface area contributed by atoms with Crippen LogP contribution in [0.15, 0.2) is 28.7 Å². The molecule has 1 aliphatic carbocycles. The van der Waals surface area contributed by atoms with Gasteiger partial charge in [0.1, 0.15) is 5.41 Å². The van der Waals surface area contributed by atoms with Gasteiger partial charge in [0.15, 0.2) is 9.84 Å². The molecule has 110 valence electrons. The van der Waals surface area contributed by atoms with Crippen molar-refractivity contribution in [2.24, 2.45) is 5.41 Å². The zero-order valence-electron chi connectivity index (χ0n) is 11.0. The second kappa shape index (κ2) is 5.13. The second-order valence-corrected chi connectivity index (χ2v) is 8.14. The van der Waals surface area contributed by atoms with Crippen LogP contribution >= 0.6 is 15.9 Å². The first kappa shape index (κ1) is 15.5. The van der Waals surface area contributed by atoms with Gasteiger partial charge in [0.05, 0.1) is 11.9 Å². The number of hydrogen-bond donors (Lipinski definition) is 1. The molecule has 5 nitrogen and oxygen atoms in total. The molecule has 1 saturated carbocycles. The Bertz CT molecular complexity index is 625. The summed E-state index contributed by atoms with van der Waals surface area (Å²) in [5.41, 5.74) is -0.695. The largest absolute Gasteiger partial charge is 0.481 e. The fourth-order valence-electron chi connectivity index (χ4n) is 2.90. The molecule has 0 saturated heterocycles. The molecule has 0 spiro atoms. The van der Waals surface area contributed by atoms with Crippen molar-refractivity contribution < 1.29 is 23.1 Å². The van der Waals surface area contributed by atoms with E-state index in [-0.39, 0.29) is 6.61 Å². The smallest absolute Gasteiger partial charge is 0.314 e.